The first kappa shape index (κ1) is 22.0. The quantitative estimate of drug-likeness (QED) is 0.594. The SMILES string of the molecule is CS(=O)(=O)NC1CCCN(C(=O)Cc2ccc(NC(=O)c3cc4ccccc4o3)cc2)C1. The molecular weight excluding hydrogens is 430 g/mol. The summed E-state index contributed by atoms with van der Waals surface area (Å²) in [5.74, 6) is -0.167. The summed E-state index contributed by atoms with van der Waals surface area (Å²) in [4.78, 5) is 26.8. The first-order valence-corrected chi connectivity index (χ1v) is 12.3. The molecule has 1 aromatic heterocycles. The molecule has 1 fully saturated rings. The molecule has 1 aliphatic rings. The number of nitrogens with zero attached hydrogens (tertiary/aromatic N) is 1. The van der Waals surface area contributed by atoms with Gasteiger partial charge in [-0.15, -0.1) is 0 Å². The lowest BCUT2D eigenvalue weighted by Crippen LogP contribution is -2.49. The van der Waals surface area contributed by atoms with Gasteiger partial charge in [-0.3, -0.25) is 9.59 Å². The maximum Gasteiger partial charge on any atom is 0.291 e. The van der Waals surface area contributed by atoms with Gasteiger partial charge in [-0.05, 0) is 42.7 Å². The molecule has 2 aromatic carbocycles. The maximum atomic E-state index is 12.7. The largest absolute Gasteiger partial charge is 0.451 e. The zero-order valence-corrected chi connectivity index (χ0v) is 18.5. The van der Waals surface area contributed by atoms with Gasteiger partial charge in [0.15, 0.2) is 5.76 Å². The highest BCUT2D eigenvalue weighted by molar-refractivity contribution is 7.88. The van der Waals surface area contributed by atoms with E-state index in [9.17, 15) is 18.0 Å². The molecule has 2 heterocycles. The highest BCUT2D eigenvalue weighted by Gasteiger charge is 2.25. The molecule has 1 saturated heterocycles. The third kappa shape index (κ3) is 5.54. The summed E-state index contributed by atoms with van der Waals surface area (Å²) >= 11 is 0. The Morgan fingerprint density at radius 3 is 2.59 bits per heavy atom. The summed E-state index contributed by atoms with van der Waals surface area (Å²) in [7, 11) is -3.30. The maximum absolute atomic E-state index is 12.7. The standard InChI is InChI=1S/C23H25N3O5S/c1-32(29,30)25-19-6-4-12-26(15-19)22(27)13-16-8-10-18(11-9-16)24-23(28)21-14-17-5-2-3-7-20(17)31-21/h2-3,5,7-11,14,19,25H,4,6,12-13,15H2,1H3,(H,24,28). The summed E-state index contributed by atoms with van der Waals surface area (Å²) in [5, 5.41) is 3.66. The molecule has 2 amide bonds. The highest BCUT2D eigenvalue weighted by atomic mass is 32.2. The van der Waals surface area contributed by atoms with E-state index >= 15 is 0 Å². The lowest BCUT2D eigenvalue weighted by Gasteiger charge is -2.32. The summed E-state index contributed by atoms with van der Waals surface area (Å²) in [6.45, 7) is 0.990. The average Bonchev–Trinajstić information content (AvgIpc) is 3.19. The first-order chi connectivity index (χ1) is 15.3. The van der Waals surface area contributed by atoms with E-state index in [1.807, 2.05) is 18.2 Å². The fraction of sp³-hybridized carbons (Fsp3) is 0.304. The topological polar surface area (TPSA) is 109 Å². The number of carbonyl (C=O) groups is 2. The fourth-order valence-corrected chi connectivity index (χ4v) is 4.68. The van der Waals surface area contributed by atoms with Crippen molar-refractivity contribution in [1.82, 2.24) is 9.62 Å². The van der Waals surface area contributed by atoms with E-state index in [4.69, 9.17) is 4.42 Å². The number of likely N-dealkylation sites (tertiary alicyclic amines) is 1. The van der Waals surface area contributed by atoms with E-state index in [-0.39, 0.29) is 30.0 Å². The number of hydrogen-bond acceptors (Lipinski definition) is 5. The monoisotopic (exact) mass is 455 g/mol. The summed E-state index contributed by atoms with van der Waals surface area (Å²) in [6.07, 6.45) is 2.81. The Hall–Kier alpha value is -3.17. The number of benzene rings is 2. The Morgan fingerprint density at radius 1 is 1.12 bits per heavy atom. The zero-order valence-electron chi connectivity index (χ0n) is 17.7. The van der Waals surface area contributed by atoms with Gasteiger partial charge in [0.1, 0.15) is 5.58 Å². The molecule has 3 aromatic rings. The predicted molar refractivity (Wildman–Crippen MR) is 122 cm³/mol. The molecule has 168 valence electrons. The molecule has 0 aliphatic carbocycles. The number of para-hydroxylation sites is 1. The number of anilines is 1. The Balaban J connectivity index is 1.34. The van der Waals surface area contributed by atoms with Crippen molar-refractivity contribution in [2.75, 3.05) is 24.7 Å². The Bertz CT molecular complexity index is 1200. The van der Waals surface area contributed by atoms with Crippen LogP contribution in [0.4, 0.5) is 5.69 Å². The third-order valence-electron chi connectivity index (χ3n) is 5.37. The van der Waals surface area contributed by atoms with Crippen LogP contribution in [0.3, 0.4) is 0 Å². The number of nitrogens with one attached hydrogen (secondary N) is 2. The van der Waals surface area contributed by atoms with Gasteiger partial charge in [-0.1, -0.05) is 30.3 Å². The number of hydrogen-bond donors (Lipinski definition) is 2. The highest BCUT2D eigenvalue weighted by Crippen LogP contribution is 2.20. The smallest absolute Gasteiger partial charge is 0.291 e. The first-order valence-electron chi connectivity index (χ1n) is 10.4. The van der Waals surface area contributed by atoms with Crippen molar-refractivity contribution in [3.63, 3.8) is 0 Å². The number of sulfonamides is 1. The van der Waals surface area contributed by atoms with Gasteiger partial charge in [0.2, 0.25) is 15.9 Å². The second-order valence-electron chi connectivity index (χ2n) is 8.05. The van der Waals surface area contributed by atoms with Crippen LogP contribution in [0, 0.1) is 0 Å². The summed E-state index contributed by atoms with van der Waals surface area (Å²) in [5.41, 5.74) is 2.06. The van der Waals surface area contributed by atoms with Crippen molar-refractivity contribution < 1.29 is 22.4 Å². The normalized spacial score (nSPS) is 16.8. The van der Waals surface area contributed by atoms with Gasteiger partial charge in [-0.2, -0.15) is 0 Å². The van der Waals surface area contributed by atoms with Crippen LogP contribution in [-0.4, -0.2) is 50.5 Å². The predicted octanol–water partition coefficient (Wildman–Crippen LogP) is 2.77. The van der Waals surface area contributed by atoms with Crippen molar-refractivity contribution in [3.8, 4) is 0 Å². The van der Waals surface area contributed by atoms with Crippen LogP contribution in [-0.2, 0) is 21.2 Å². The van der Waals surface area contributed by atoms with Gasteiger partial charge >= 0.3 is 0 Å². The lowest BCUT2D eigenvalue weighted by molar-refractivity contribution is -0.131. The fourth-order valence-electron chi connectivity index (χ4n) is 3.88. The third-order valence-corrected chi connectivity index (χ3v) is 6.13. The van der Waals surface area contributed by atoms with Crippen molar-refractivity contribution in [2.24, 2.45) is 0 Å². The molecule has 1 unspecified atom stereocenters. The van der Waals surface area contributed by atoms with Crippen molar-refractivity contribution in [3.05, 3.63) is 65.9 Å². The van der Waals surface area contributed by atoms with Gasteiger partial charge < -0.3 is 14.6 Å². The molecule has 0 radical (unpaired) electrons. The number of amides is 2. The molecule has 8 nitrogen and oxygen atoms in total. The zero-order chi connectivity index (χ0) is 22.7. The minimum Gasteiger partial charge on any atom is -0.451 e. The van der Waals surface area contributed by atoms with E-state index in [1.165, 1.54) is 0 Å². The van der Waals surface area contributed by atoms with E-state index in [0.29, 0.717) is 24.4 Å². The van der Waals surface area contributed by atoms with Crippen LogP contribution >= 0.6 is 0 Å². The van der Waals surface area contributed by atoms with Crippen LogP contribution < -0.4 is 10.0 Å². The van der Waals surface area contributed by atoms with E-state index < -0.39 is 10.0 Å². The molecular formula is C23H25N3O5S. The Kier molecular flexibility index (Phi) is 6.29. The second kappa shape index (κ2) is 9.13. The van der Waals surface area contributed by atoms with Gasteiger partial charge in [0, 0.05) is 30.2 Å². The summed E-state index contributed by atoms with van der Waals surface area (Å²) < 4.78 is 31.1. The number of carbonyl (C=O) groups excluding carboxylic acids is 2. The van der Waals surface area contributed by atoms with E-state index in [2.05, 4.69) is 10.0 Å². The van der Waals surface area contributed by atoms with Crippen molar-refractivity contribution in [2.45, 2.75) is 25.3 Å². The molecule has 1 aliphatic heterocycles. The van der Waals surface area contributed by atoms with Crippen LogP contribution in [0.25, 0.3) is 11.0 Å². The van der Waals surface area contributed by atoms with Crippen molar-refractivity contribution in [1.29, 1.82) is 0 Å². The minimum absolute atomic E-state index is 0.0518. The minimum atomic E-state index is -3.30. The van der Waals surface area contributed by atoms with Gasteiger partial charge in [-0.25, -0.2) is 13.1 Å². The lowest BCUT2D eigenvalue weighted by atomic mass is 10.0. The Morgan fingerprint density at radius 2 is 1.88 bits per heavy atom. The number of rotatable bonds is 6. The van der Waals surface area contributed by atoms with Crippen LogP contribution in [0.15, 0.2) is 59.0 Å². The van der Waals surface area contributed by atoms with Crippen molar-refractivity contribution >= 4 is 38.5 Å². The van der Waals surface area contributed by atoms with Gasteiger partial charge in [0.05, 0.1) is 12.7 Å². The van der Waals surface area contributed by atoms with E-state index in [0.717, 1.165) is 30.0 Å². The average molecular weight is 456 g/mol. The molecule has 1 atom stereocenters. The molecule has 0 bridgehead atoms. The molecule has 32 heavy (non-hydrogen) atoms. The van der Waals surface area contributed by atoms with Crippen LogP contribution in [0.2, 0.25) is 0 Å². The van der Waals surface area contributed by atoms with Crippen LogP contribution in [0.1, 0.15) is 29.0 Å². The van der Waals surface area contributed by atoms with Crippen LogP contribution in [0.5, 0.6) is 0 Å². The number of furan rings is 1. The number of fused-ring (bicyclic) bond motifs is 1. The molecule has 0 spiro atoms. The molecule has 9 heteroatoms. The number of piperidine rings is 1. The Labute approximate surface area is 186 Å². The molecule has 2 N–H and O–H groups in total. The van der Waals surface area contributed by atoms with E-state index in [1.54, 1.807) is 41.3 Å². The molecule has 4 rings (SSSR count). The van der Waals surface area contributed by atoms with Gasteiger partial charge in [0.25, 0.3) is 5.91 Å². The summed E-state index contributed by atoms with van der Waals surface area (Å²) in [6, 6.07) is 15.9. The second-order valence-corrected chi connectivity index (χ2v) is 9.83. The molecule has 0 saturated carbocycles.